The van der Waals surface area contributed by atoms with Gasteiger partial charge in [-0.05, 0) is 109 Å². The Kier molecular flexibility index (Phi) is 8.31. The second kappa shape index (κ2) is 14.1. The lowest BCUT2D eigenvalue weighted by Crippen LogP contribution is -2.36. The number of nitrogens with one attached hydrogen (secondary N) is 1. The van der Waals surface area contributed by atoms with Gasteiger partial charge in [0, 0.05) is 17.4 Å². The Labute approximate surface area is 344 Å². The van der Waals surface area contributed by atoms with Crippen molar-refractivity contribution in [3.63, 3.8) is 0 Å². The van der Waals surface area contributed by atoms with Crippen LogP contribution in [0.4, 0.5) is 17.1 Å². The SMILES string of the molecule is NC(/N=c1\[nH]cc(-c2ccccc2)cc1-c1ccccc1)c1cccc(-c2ccc3c(c2)-c2ccccc2C32c3ccccc3N(c3ccccc3)c3ccccc32)c1. The lowest BCUT2D eigenvalue weighted by molar-refractivity contribution is 0.739. The van der Waals surface area contributed by atoms with Crippen LogP contribution in [0.2, 0.25) is 0 Å². The molecule has 0 saturated heterocycles. The van der Waals surface area contributed by atoms with Crippen LogP contribution in [0.3, 0.4) is 0 Å². The van der Waals surface area contributed by atoms with Crippen LogP contribution >= 0.6 is 0 Å². The molecule has 1 atom stereocenters. The number of anilines is 3. The lowest BCUT2D eigenvalue weighted by atomic mass is 9.64. The summed E-state index contributed by atoms with van der Waals surface area (Å²) in [6.07, 6.45) is 1.43. The maximum Gasteiger partial charge on any atom is 0.135 e. The van der Waals surface area contributed by atoms with E-state index >= 15 is 0 Å². The largest absolute Gasteiger partial charge is 0.346 e. The molecule has 0 saturated carbocycles. The van der Waals surface area contributed by atoms with Gasteiger partial charge in [0.05, 0.1) is 16.8 Å². The second-order valence-electron chi connectivity index (χ2n) is 15.3. The minimum atomic E-state index is -0.586. The normalized spacial score (nSPS) is 14.0. The van der Waals surface area contributed by atoms with Crippen molar-refractivity contribution in [2.75, 3.05) is 4.90 Å². The van der Waals surface area contributed by atoms with E-state index in [1.807, 2.05) is 18.3 Å². The summed E-state index contributed by atoms with van der Waals surface area (Å²) in [6, 6.07) is 76.1. The van der Waals surface area contributed by atoms with Gasteiger partial charge in [-0.2, -0.15) is 0 Å². The van der Waals surface area contributed by atoms with Gasteiger partial charge in [-0.1, -0.05) is 170 Å². The van der Waals surface area contributed by atoms with Gasteiger partial charge in [-0.15, -0.1) is 0 Å². The van der Waals surface area contributed by atoms with Crippen molar-refractivity contribution in [1.82, 2.24) is 4.98 Å². The van der Waals surface area contributed by atoms with Crippen molar-refractivity contribution in [1.29, 1.82) is 0 Å². The summed E-state index contributed by atoms with van der Waals surface area (Å²) in [7, 11) is 0. The number of fused-ring (bicyclic) bond motifs is 9. The molecule has 4 heteroatoms. The van der Waals surface area contributed by atoms with Gasteiger partial charge in [0.2, 0.25) is 0 Å². The zero-order valence-electron chi connectivity index (χ0n) is 32.3. The number of rotatable bonds is 6. The van der Waals surface area contributed by atoms with Gasteiger partial charge >= 0.3 is 0 Å². The van der Waals surface area contributed by atoms with E-state index in [0.29, 0.717) is 0 Å². The lowest BCUT2D eigenvalue weighted by Gasteiger charge is -2.45. The van der Waals surface area contributed by atoms with Crippen molar-refractivity contribution in [3.8, 4) is 44.5 Å². The number of pyridine rings is 1. The summed E-state index contributed by atoms with van der Waals surface area (Å²) in [4.78, 5) is 11.0. The zero-order valence-corrected chi connectivity index (χ0v) is 32.3. The number of aromatic amines is 1. The van der Waals surface area contributed by atoms with Crippen LogP contribution in [0.25, 0.3) is 44.5 Å². The van der Waals surface area contributed by atoms with E-state index in [1.54, 1.807) is 0 Å². The van der Waals surface area contributed by atoms with E-state index < -0.39 is 11.6 Å². The van der Waals surface area contributed by atoms with E-state index in [-0.39, 0.29) is 0 Å². The number of para-hydroxylation sites is 3. The molecule has 11 rings (SSSR count). The Bertz CT molecular complexity index is 3030. The number of H-pyrrole nitrogens is 1. The highest BCUT2D eigenvalue weighted by Crippen LogP contribution is 2.63. The third kappa shape index (κ3) is 5.60. The fourth-order valence-electron chi connectivity index (χ4n) is 9.49. The topological polar surface area (TPSA) is 57.4 Å². The summed E-state index contributed by atoms with van der Waals surface area (Å²) >= 11 is 0. The molecule has 0 amide bonds. The Morgan fingerprint density at radius 1 is 0.424 bits per heavy atom. The van der Waals surface area contributed by atoms with E-state index in [2.05, 4.69) is 210 Å². The van der Waals surface area contributed by atoms with Gasteiger partial charge in [0.15, 0.2) is 0 Å². The molecule has 1 unspecified atom stereocenters. The molecular formula is C55H40N4. The number of aromatic nitrogens is 1. The van der Waals surface area contributed by atoms with Crippen molar-refractivity contribution >= 4 is 17.1 Å². The highest BCUT2D eigenvalue weighted by molar-refractivity contribution is 5.96. The molecule has 4 nitrogen and oxygen atoms in total. The third-order valence-electron chi connectivity index (χ3n) is 12.1. The molecule has 0 bridgehead atoms. The summed E-state index contributed by atoms with van der Waals surface area (Å²) in [5.74, 6) is 0. The second-order valence-corrected chi connectivity index (χ2v) is 15.3. The van der Waals surface area contributed by atoms with Crippen molar-refractivity contribution in [2.24, 2.45) is 10.7 Å². The Morgan fingerprint density at radius 2 is 0.966 bits per heavy atom. The minimum Gasteiger partial charge on any atom is -0.346 e. The Hall–Kier alpha value is -7.53. The summed E-state index contributed by atoms with van der Waals surface area (Å²) in [6.45, 7) is 0. The number of nitrogens with zero attached hydrogens (tertiary/aromatic N) is 2. The maximum absolute atomic E-state index is 6.97. The van der Waals surface area contributed by atoms with Crippen molar-refractivity contribution in [2.45, 2.75) is 11.6 Å². The fourth-order valence-corrected chi connectivity index (χ4v) is 9.49. The molecule has 0 radical (unpaired) electrons. The third-order valence-corrected chi connectivity index (χ3v) is 12.1. The van der Waals surface area contributed by atoms with Crippen LogP contribution in [0.1, 0.15) is 34.0 Å². The molecule has 59 heavy (non-hydrogen) atoms. The molecule has 2 aliphatic rings. The van der Waals surface area contributed by atoms with Crippen LogP contribution in [0.15, 0.2) is 224 Å². The van der Waals surface area contributed by atoms with Crippen LogP contribution in [-0.2, 0) is 5.41 Å². The molecule has 1 aromatic heterocycles. The van der Waals surface area contributed by atoms with Crippen LogP contribution in [0, 0.1) is 0 Å². The average Bonchev–Trinajstić information content (AvgIpc) is 3.60. The minimum absolute atomic E-state index is 0.491. The molecule has 1 aliphatic heterocycles. The predicted molar refractivity (Wildman–Crippen MR) is 242 cm³/mol. The molecule has 280 valence electrons. The maximum atomic E-state index is 6.97. The molecule has 8 aromatic carbocycles. The first-order chi connectivity index (χ1) is 29.2. The summed E-state index contributed by atoms with van der Waals surface area (Å²) in [5.41, 5.74) is 25.9. The van der Waals surface area contributed by atoms with Gasteiger partial charge in [-0.25, -0.2) is 4.99 Å². The molecule has 1 spiro atoms. The highest BCUT2D eigenvalue weighted by atomic mass is 15.2. The first-order valence-electron chi connectivity index (χ1n) is 20.2. The van der Waals surface area contributed by atoms with Gasteiger partial charge < -0.3 is 15.6 Å². The monoisotopic (exact) mass is 756 g/mol. The van der Waals surface area contributed by atoms with Gasteiger partial charge in [0.25, 0.3) is 0 Å². The first kappa shape index (κ1) is 34.7. The van der Waals surface area contributed by atoms with E-state index in [9.17, 15) is 0 Å². The van der Waals surface area contributed by atoms with E-state index in [0.717, 1.165) is 50.1 Å². The fraction of sp³-hybridized carbons (Fsp3) is 0.0364. The van der Waals surface area contributed by atoms with Crippen molar-refractivity contribution < 1.29 is 0 Å². The van der Waals surface area contributed by atoms with Crippen LogP contribution < -0.4 is 16.1 Å². The highest BCUT2D eigenvalue weighted by Gasteiger charge is 2.51. The standard InChI is InChI=1S/C55H40N4/c56-53(58-54-45(38-19-6-2-7-20-38)35-42(36-57-54)37-17-4-1-5-18-37)41-22-16-21-39(33-41)40-31-32-48-46(34-40)44-25-10-11-26-47(44)55(48)49-27-12-14-29-51(49)59(43-23-8-3-9-24-43)52-30-15-13-28-50(52)55/h1-36,53H,56H2,(H,57,58). The smallest absolute Gasteiger partial charge is 0.135 e. The Morgan fingerprint density at radius 3 is 1.68 bits per heavy atom. The van der Waals surface area contributed by atoms with E-state index in [1.165, 1.54) is 44.8 Å². The van der Waals surface area contributed by atoms with Gasteiger partial charge in [0.1, 0.15) is 11.7 Å². The Balaban J connectivity index is 1.02. The molecule has 0 fully saturated rings. The van der Waals surface area contributed by atoms with Crippen LogP contribution in [0.5, 0.6) is 0 Å². The van der Waals surface area contributed by atoms with Crippen molar-refractivity contribution in [3.05, 3.63) is 252 Å². The predicted octanol–water partition coefficient (Wildman–Crippen LogP) is 12.7. The van der Waals surface area contributed by atoms with Gasteiger partial charge in [-0.3, -0.25) is 0 Å². The van der Waals surface area contributed by atoms with Crippen LogP contribution in [-0.4, -0.2) is 4.98 Å². The molecular weight excluding hydrogens is 717 g/mol. The number of benzene rings is 8. The first-order valence-corrected chi connectivity index (χ1v) is 20.2. The summed E-state index contributed by atoms with van der Waals surface area (Å²) in [5, 5.41) is 0. The quantitative estimate of drug-likeness (QED) is 0.177. The number of hydrogen-bond donors (Lipinski definition) is 2. The zero-order chi connectivity index (χ0) is 39.3. The average molecular weight is 757 g/mol. The van der Waals surface area contributed by atoms with E-state index in [4.69, 9.17) is 10.7 Å². The molecule has 2 heterocycles. The number of hydrogen-bond acceptors (Lipinski definition) is 3. The molecule has 3 N–H and O–H groups in total. The molecule has 1 aliphatic carbocycles. The number of nitrogens with two attached hydrogens (primary N) is 1. The summed E-state index contributed by atoms with van der Waals surface area (Å²) < 4.78 is 0. The molecule has 9 aromatic rings.